The third-order valence-corrected chi connectivity index (χ3v) is 3.84. The van der Waals surface area contributed by atoms with Crippen LogP contribution in [0.2, 0.25) is 0 Å². The van der Waals surface area contributed by atoms with E-state index in [9.17, 15) is 0 Å². The highest BCUT2D eigenvalue weighted by Gasteiger charge is 2.01. The van der Waals surface area contributed by atoms with Crippen molar-refractivity contribution in [2.24, 2.45) is 4.99 Å². The van der Waals surface area contributed by atoms with Gasteiger partial charge in [0.1, 0.15) is 12.4 Å². The Morgan fingerprint density at radius 2 is 1.73 bits per heavy atom. The number of rotatable bonds is 13. The van der Waals surface area contributed by atoms with Crippen molar-refractivity contribution in [1.82, 2.24) is 15.5 Å². The van der Waals surface area contributed by atoms with Gasteiger partial charge in [0, 0.05) is 54.1 Å². The van der Waals surface area contributed by atoms with Crippen molar-refractivity contribution in [2.75, 3.05) is 67.8 Å². The van der Waals surface area contributed by atoms with E-state index in [4.69, 9.17) is 14.2 Å². The SMILES string of the molecule is CN=C(NCCN(C)CCCOC)NCc1ccc(OCCOC)cc1. The summed E-state index contributed by atoms with van der Waals surface area (Å²) in [6, 6.07) is 8.04. The average Bonchev–Trinajstić information content (AvgIpc) is 2.66. The number of guanidine groups is 1. The topological polar surface area (TPSA) is 67.4 Å². The molecule has 7 heteroatoms. The molecule has 7 nitrogen and oxygen atoms in total. The predicted molar refractivity (Wildman–Crippen MR) is 106 cm³/mol. The lowest BCUT2D eigenvalue weighted by molar-refractivity contribution is 0.146. The van der Waals surface area contributed by atoms with Gasteiger partial charge in [0.25, 0.3) is 0 Å². The molecule has 26 heavy (non-hydrogen) atoms. The summed E-state index contributed by atoms with van der Waals surface area (Å²) in [6.45, 7) is 5.49. The summed E-state index contributed by atoms with van der Waals surface area (Å²) in [5, 5.41) is 6.66. The number of ether oxygens (including phenoxy) is 3. The number of methoxy groups -OCH3 is 2. The molecule has 0 radical (unpaired) electrons. The molecule has 2 N–H and O–H groups in total. The molecule has 0 spiro atoms. The first-order valence-electron chi connectivity index (χ1n) is 9.02. The summed E-state index contributed by atoms with van der Waals surface area (Å²) in [6.07, 6.45) is 1.05. The Hall–Kier alpha value is -1.83. The van der Waals surface area contributed by atoms with Gasteiger partial charge in [0.2, 0.25) is 0 Å². The summed E-state index contributed by atoms with van der Waals surface area (Å²) < 4.78 is 15.6. The molecule has 0 fully saturated rings. The first kappa shape index (κ1) is 22.2. The van der Waals surface area contributed by atoms with Crippen molar-refractivity contribution >= 4 is 5.96 Å². The largest absolute Gasteiger partial charge is 0.491 e. The number of nitrogens with one attached hydrogen (secondary N) is 2. The molecule has 0 unspecified atom stereocenters. The summed E-state index contributed by atoms with van der Waals surface area (Å²) in [5.74, 6) is 1.65. The first-order valence-corrected chi connectivity index (χ1v) is 9.02. The molecule has 0 aliphatic heterocycles. The fraction of sp³-hybridized carbons (Fsp3) is 0.632. The third kappa shape index (κ3) is 10.2. The van der Waals surface area contributed by atoms with Gasteiger partial charge in [-0.25, -0.2) is 0 Å². The Kier molecular flexibility index (Phi) is 12.3. The van der Waals surface area contributed by atoms with E-state index in [0.29, 0.717) is 19.8 Å². The number of benzene rings is 1. The second-order valence-electron chi connectivity index (χ2n) is 5.99. The standard InChI is InChI=1S/C19H34N4O3/c1-20-19(21-10-12-23(2)11-5-13-24-3)22-16-17-6-8-18(9-7-17)26-15-14-25-4/h6-9H,5,10-16H2,1-4H3,(H2,20,21,22). The molecular weight excluding hydrogens is 332 g/mol. The zero-order valence-corrected chi connectivity index (χ0v) is 16.6. The quantitative estimate of drug-likeness (QED) is 0.312. The summed E-state index contributed by atoms with van der Waals surface area (Å²) in [5.41, 5.74) is 1.17. The van der Waals surface area contributed by atoms with E-state index in [2.05, 4.69) is 27.6 Å². The van der Waals surface area contributed by atoms with Crippen molar-refractivity contribution in [3.63, 3.8) is 0 Å². The lowest BCUT2D eigenvalue weighted by Crippen LogP contribution is -2.40. The van der Waals surface area contributed by atoms with Crippen molar-refractivity contribution < 1.29 is 14.2 Å². The zero-order valence-electron chi connectivity index (χ0n) is 16.6. The molecule has 0 amide bonds. The summed E-state index contributed by atoms with van der Waals surface area (Å²) >= 11 is 0. The highest BCUT2D eigenvalue weighted by molar-refractivity contribution is 5.79. The number of hydrogen-bond acceptors (Lipinski definition) is 5. The lowest BCUT2D eigenvalue weighted by atomic mass is 10.2. The highest BCUT2D eigenvalue weighted by Crippen LogP contribution is 2.11. The van der Waals surface area contributed by atoms with Crippen molar-refractivity contribution in [3.05, 3.63) is 29.8 Å². The van der Waals surface area contributed by atoms with Crippen LogP contribution in [0.5, 0.6) is 5.75 Å². The molecule has 1 aromatic rings. The Balaban J connectivity index is 2.24. The van der Waals surface area contributed by atoms with E-state index in [1.54, 1.807) is 21.3 Å². The smallest absolute Gasteiger partial charge is 0.191 e. The highest BCUT2D eigenvalue weighted by atomic mass is 16.5. The van der Waals surface area contributed by atoms with Crippen molar-refractivity contribution in [3.8, 4) is 5.75 Å². The van der Waals surface area contributed by atoms with Gasteiger partial charge in [-0.05, 0) is 31.2 Å². The molecular formula is C19H34N4O3. The van der Waals surface area contributed by atoms with E-state index in [0.717, 1.165) is 44.4 Å². The van der Waals surface area contributed by atoms with Crippen LogP contribution in [-0.2, 0) is 16.0 Å². The van der Waals surface area contributed by atoms with E-state index in [1.165, 1.54) is 5.56 Å². The van der Waals surface area contributed by atoms with Crippen LogP contribution in [0.25, 0.3) is 0 Å². The second kappa shape index (κ2) is 14.4. The number of nitrogens with zero attached hydrogens (tertiary/aromatic N) is 2. The van der Waals surface area contributed by atoms with Gasteiger partial charge >= 0.3 is 0 Å². The third-order valence-electron chi connectivity index (χ3n) is 3.84. The number of likely N-dealkylation sites (N-methyl/N-ethyl adjacent to an activating group) is 1. The van der Waals surface area contributed by atoms with Gasteiger partial charge in [0.15, 0.2) is 5.96 Å². The van der Waals surface area contributed by atoms with Crippen LogP contribution in [0.4, 0.5) is 0 Å². The van der Waals surface area contributed by atoms with Crippen LogP contribution in [0.1, 0.15) is 12.0 Å². The molecule has 0 aliphatic rings. The second-order valence-corrected chi connectivity index (χ2v) is 5.99. The maximum Gasteiger partial charge on any atom is 0.191 e. The maximum absolute atomic E-state index is 5.56. The maximum atomic E-state index is 5.56. The van der Waals surface area contributed by atoms with Gasteiger partial charge in [-0.1, -0.05) is 12.1 Å². The minimum absolute atomic E-state index is 0.560. The van der Waals surface area contributed by atoms with E-state index < -0.39 is 0 Å². The predicted octanol–water partition coefficient (Wildman–Crippen LogP) is 1.35. The molecule has 0 aliphatic carbocycles. The van der Waals surface area contributed by atoms with Crippen LogP contribution in [0, 0.1) is 0 Å². The molecule has 1 rings (SSSR count). The Labute approximate surface area is 157 Å². The number of hydrogen-bond donors (Lipinski definition) is 2. The molecule has 0 bridgehead atoms. The molecule has 0 saturated heterocycles. The lowest BCUT2D eigenvalue weighted by Gasteiger charge is -2.18. The van der Waals surface area contributed by atoms with Crippen molar-refractivity contribution in [2.45, 2.75) is 13.0 Å². The molecule has 0 heterocycles. The van der Waals surface area contributed by atoms with E-state index in [1.807, 2.05) is 24.3 Å². The molecule has 0 saturated carbocycles. The van der Waals surface area contributed by atoms with Crippen LogP contribution in [-0.4, -0.2) is 78.6 Å². The van der Waals surface area contributed by atoms with Gasteiger partial charge < -0.3 is 29.7 Å². The minimum atomic E-state index is 0.560. The molecule has 0 aromatic heterocycles. The van der Waals surface area contributed by atoms with Gasteiger partial charge in [-0.15, -0.1) is 0 Å². The monoisotopic (exact) mass is 366 g/mol. The summed E-state index contributed by atoms with van der Waals surface area (Å²) in [7, 11) is 7.30. The Bertz CT molecular complexity index is 494. The fourth-order valence-electron chi connectivity index (χ4n) is 2.31. The van der Waals surface area contributed by atoms with Crippen LogP contribution >= 0.6 is 0 Å². The molecule has 148 valence electrons. The first-order chi connectivity index (χ1) is 12.7. The zero-order chi connectivity index (χ0) is 19.0. The van der Waals surface area contributed by atoms with Crippen LogP contribution in [0.3, 0.4) is 0 Å². The van der Waals surface area contributed by atoms with Gasteiger partial charge in [-0.2, -0.15) is 0 Å². The molecule has 1 aromatic carbocycles. The molecule has 0 atom stereocenters. The van der Waals surface area contributed by atoms with E-state index in [-0.39, 0.29) is 0 Å². The van der Waals surface area contributed by atoms with Gasteiger partial charge in [-0.3, -0.25) is 4.99 Å². The normalized spacial score (nSPS) is 11.7. The van der Waals surface area contributed by atoms with E-state index >= 15 is 0 Å². The van der Waals surface area contributed by atoms with Crippen LogP contribution in [0.15, 0.2) is 29.3 Å². The Morgan fingerprint density at radius 1 is 1.00 bits per heavy atom. The Morgan fingerprint density at radius 3 is 2.38 bits per heavy atom. The summed E-state index contributed by atoms with van der Waals surface area (Å²) in [4.78, 5) is 6.54. The fourth-order valence-corrected chi connectivity index (χ4v) is 2.31. The van der Waals surface area contributed by atoms with Crippen LogP contribution < -0.4 is 15.4 Å². The van der Waals surface area contributed by atoms with Crippen molar-refractivity contribution in [1.29, 1.82) is 0 Å². The average molecular weight is 367 g/mol. The van der Waals surface area contributed by atoms with Gasteiger partial charge in [0.05, 0.1) is 6.61 Å². The number of aliphatic imine (C=N–C) groups is 1. The minimum Gasteiger partial charge on any atom is -0.491 e.